The highest BCUT2D eigenvalue weighted by Crippen LogP contribution is 2.35. The molecule has 3 N–H and O–H groups in total. The number of nitrogens with zero attached hydrogens (tertiary/aromatic N) is 1. The number of piperidine rings is 1. The highest BCUT2D eigenvalue weighted by Gasteiger charge is 2.35. The smallest absolute Gasteiger partial charge is 0.0966 e. The van der Waals surface area contributed by atoms with Gasteiger partial charge in [0.15, 0.2) is 0 Å². The number of rotatable bonds is 3. The molecule has 1 saturated carbocycles. The van der Waals surface area contributed by atoms with Crippen LogP contribution in [0.4, 0.5) is 0 Å². The van der Waals surface area contributed by atoms with Crippen LogP contribution in [0.1, 0.15) is 58.8 Å². The second-order valence-corrected chi connectivity index (χ2v) is 6.59. The van der Waals surface area contributed by atoms with E-state index in [-0.39, 0.29) is 5.41 Å². The predicted molar refractivity (Wildman–Crippen MR) is 76.9 cm³/mol. The van der Waals surface area contributed by atoms with Crippen LogP contribution in [-0.2, 0) is 0 Å². The zero-order valence-corrected chi connectivity index (χ0v) is 12.0. The molecule has 3 heteroatoms. The van der Waals surface area contributed by atoms with Crippen molar-refractivity contribution < 1.29 is 0 Å². The Morgan fingerprint density at radius 2 is 1.78 bits per heavy atom. The van der Waals surface area contributed by atoms with Crippen LogP contribution < -0.4 is 5.73 Å². The first-order valence-electron chi connectivity index (χ1n) is 7.63. The zero-order chi connectivity index (χ0) is 13.2. The van der Waals surface area contributed by atoms with Crippen molar-refractivity contribution in [2.45, 2.75) is 64.8 Å². The lowest BCUT2D eigenvalue weighted by Gasteiger charge is -2.44. The molecule has 18 heavy (non-hydrogen) atoms. The quantitative estimate of drug-likeness (QED) is 0.598. The number of hydrogen-bond donors (Lipinski definition) is 2. The molecule has 104 valence electrons. The van der Waals surface area contributed by atoms with E-state index in [4.69, 9.17) is 11.1 Å². The molecule has 0 unspecified atom stereocenters. The molecule has 2 rings (SSSR count). The number of hydrogen-bond acceptors (Lipinski definition) is 2. The summed E-state index contributed by atoms with van der Waals surface area (Å²) in [7, 11) is 0. The van der Waals surface area contributed by atoms with Gasteiger partial charge >= 0.3 is 0 Å². The number of likely N-dealkylation sites (tertiary alicyclic amines) is 1. The van der Waals surface area contributed by atoms with Crippen LogP contribution >= 0.6 is 0 Å². The molecule has 0 spiro atoms. The summed E-state index contributed by atoms with van der Waals surface area (Å²) < 4.78 is 0. The summed E-state index contributed by atoms with van der Waals surface area (Å²) in [6.45, 7) is 6.75. The van der Waals surface area contributed by atoms with Crippen LogP contribution in [0, 0.1) is 16.7 Å². The van der Waals surface area contributed by atoms with E-state index < -0.39 is 0 Å². The van der Waals surface area contributed by atoms with Gasteiger partial charge in [0.1, 0.15) is 0 Å². The lowest BCUT2D eigenvalue weighted by molar-refractivity contribution is 0.0829. The van der Waals surface area contributed by atoms with Gasteiger partial charge in [0.2, 0.25) is 0 Å². The molecular formula is C15H29N3. The molecule has 0 atom stereocenters. The molecule has 0 aromatic carbocycles. The summed E-state index contributed by atoms with van der Waals surface area (Å²) in [5, 5.41) is 7.71. The van der Waals surface area contributed by atoms with Crippen molar-refractivity contribution in [3.63, 3.8) is 0 Å². The third-order valence-corrected chi connectivity index (χ3v) is 5.46. The van der Waals surface area contributed by atoms with Crippen molar-refractivity contribution in [2.75, 3.05) is 13.1 Å². The van der Waals surface area contributed by atoms with E-state index in [1.807, 2.05) is 0 Å². The van der Waals surface area contributed by atoms with E-state index in [0.717, 1.165) is 37.9 Å². The SMILES string of the molecule is CCC1CCC(N2CCC(C)(C(=N)N)CC2)CC1. The van der Waals surface area contributed by atoms with Crippen LogP contribution in [0.5, 0.6) is 0 Å². The Kier molecular flexibility index (Phi) is 4.31. The van der Waals surface area contributed by atoms with Crippen molar-refractivity contribution in [1.29, 1.82) is 5.41 Å². The van der Waals surface area contributed by atoms with Crippen molar-refractivity contribution in [2.24, 2.45) is 17.1 Å². The summed E-state index contributed by atoms with van der Waals surface area (Å²) in [4.78, 5) is 2.66. The summed E-state index contributed by atoms with van der Waals surface area (Å²) in [6.07, 6.45) is 9.09. The predicted octanol–water partition coefficient (Wildman–Crippen LogP) is 2.99. The average Bonchev–Trinajstić information content (AvgIpc) is 2.40. The zero-order valence-electron chi connectivity index (χ0n) is 12.0. The van der Waals surface area contributed by atoms with Gasteiger partial charge in [0, 0.05) is 11.5 Å². The fraction of sp³-hybridized carbons (Fsp3) is 0.933. The molecule has 0 radical (unpaired) electrons. The molecule has 0 bridgehead atoms. The largest absolute Gasteiger partial charge is 0.387 e. The Bertz CT molecular complexity index is 284. The molecule has 0 aromatic heterocycles. The first kappa shape index (κ1) is 13.9. The molecule has 2 aliphatic rings. The van der Waals surface area contributed by atoms with E-state index >= 15 is 0 Å². The Morgan fingerprint density at radius 1 is 1.22 bits per heavy atom. The maximum atomic E-state index is 7.71. The monoisotopic (exact) mass is 251 g/mol. The van der Waals surface area contributed by atoms with Crippen molar-refractivity contribution in [1.82, 2.24) is 4.90 Å². The maximum Gasteiger partial charge on any atom is 0.0966 e. The van der Waals surface area contributed by atoms with E-state index in [1.54, 1.807) is 0 Å². The molecule has 0 aromatic rings. The number of nitrogens with two attached hydrogens (primary N) is 1. The van der Waals surface area contributed by atoms with Gasteiger partial charge in [0.05, 0.1) is 5.84 Å². The summed E-state index contributed by atoms with van der Waals surface area (Å²) in [5.41, 5.74) is 5.70. The standard InChI is InChI=1S/C15H29N3/c1-3-12-4-6-13(7-5-12)18-10-8-15(2,9-11-18)14(16)17/h12-13H,3-11H2,1-2H3,(H3,16,17). The summed E-state index contributed by atoms with van der Waals surface area (Å²) >= 11 is 0. The minimum atomic E-state index is -0.0306. The van der Waals surface area contributed by atoms with Crippen LogP contribution in [0.2, 0.25) is 0 Å². The van der Waals surface area contributed by atoms with Crippen molar-refractivity contribution in [3.05, 3.63) is 0 Å². The molecular weight excluding hydrogens is 222 g/mol. The summed E-state index contributed by atoms with van der Waals surface area (Å²) in [6, 6.07) is 0.810. The molecule has 2 fully saturated rings. The molecule has 1 heterocycles. The third kappa shape index (κ3) is 2.87. The summed E-state index contributed by atoms with van der Waals surface area (Å²) in [5.74, 6) is 1.37. The highest BCUT2D eigenvalue weighted by atomic mass is 15.2. The molecule has 1 saturated heterocycles. The molecule has 1 aliphatic carbocycles. The lowest BCUT2D eigenvalue weighted by Crippen LogP contribution is -2.49. The number of nitrogens with one attached hydrogen (secondary N) is 1. The van der Waals surface area contributed by atoms with Crippen LogP contribution in [0.25, 0.3) is 0 Å². The van der Waals surface area contributed by atoms with Gasteiger partial charge in [0.25, 0.3) is 0 Å². The van der Waals surface area contributed by atoms with E-state index in [0.29, 0.717) is 5.84 Å². The second kappa shape index (κ2) is 5.60. The van der Waals surface area contributed by atoms with Gasteiger partial charge in [-0.2, -0.15) is 0 Å². The van der Waals surface area contributed by atoms with Gasteiger partial charge in [-0.15, -0.1) is 0 Å². The number of amidine groups is 1. The minimum Gasteiger partial charge on any atom is -0.387 e. The second-order valence-electron chi connectivity index (χ2n) is 6.59. The van der Waals surface area contributed by atoms with Crippen LogP contribution in [0.15, 0.2) is 0 Å². The van der Waals surface area contributed by atoms with E-state index in [1.165, 1.54) is 32.1 Å². The van der Waals surface area contributed by atoms with Crippen LogP contribution in [0.3, 0.4) is 0 Å². The lowest BCUT2D eigenvalue weighted by atomic mass is 9.77. The topological polar surface area (TPSA) is 53.1 Å². The van der Waals surface area contributed by atoms with E-state index in [9.17, 15) is 0 Å². The molecule has 0 amide bonds. The van der Waals surface area contributed by atoms with E-state index in [2.05, 4.69) is 18.7 Å². The fourth-order valence-corrected chi connectivity index (χ4v) is 3.57. The Balaban J connectivity index is 1.82. The Labute approximate surface area is 112 Å². The van der Waals surface area contributed by atoms with Gasteiger partial charge in [-0.25, -0.2) is 0 Å². The molecule has 3 nitrogen and oxygen atoms in total. The maximum absolute atomic E-state index is 7.71. The highest BCUT2D eigenvalue weighted by molar-refractivity contribution is 5.83. The van der Waals surface area contributed by atoms with Crippen LogP contribution in [-0.4, -0.2) is 29.9 Å². The van der Waals surface area contributed by atoms with Gasteiger partial charge < -0.3 is 10.6 Å². The van der Waals surface area contributed by atoms with Gasteiger partial charge in [-0.05, 0) is 57.5 Å². The minimum absolute atomic E-state index is 0.0306. The first-order valence-corrected chi connectivity index (χ1v) is 7.63. The Morgan fingerprint density at radius 3 is 2.22 bits per heavy atom. The Hall–Kier alpha value is -0.570. The van der Waals surface area contributed by atoms with Crippen molar-refractivity contribution >= 4 is 5.84 Å². The van der Waals surface area contributed by atoms with Gasteiger partial charge in [-0.1, -0.05) is 20.3 Å². The first-order chi connectivity index (χ1) is 8.55. The molecule has 1 aliphatic heterocycles. The fourth-order valence-electron chi connectivity index (χ4n) is 3.57. The van der Waals surface area contributed by atoms with Crippen molar-refractivity contribution in [3.8, 4) is 0 Å². The average molecular weight is 251 g/mol. The normalized spacial score (nSPS) is 33.2. The van der Waals surface area contributed by atoms with Gasteiger partial charge in [-0.3, -0.25) is 5.41 Å². The third-order valence-electron chi connectivity index (χ3n) is 5.46.